The molecule has 18 heavy (non-hydrogen) atoms. The zero-order chi connectivity index (χ0) is 13.0. The van der Waals surface area contributed by atoms with E-state index in [1.54, 1.807) is 30.3 Å². The highest BCUT2D eigenvalue weighted by atomic mass is 35.5. The minimum absolute atomic E-state index is 0.147. The normalized spacial score (nSPS) is 11.9. The summed E-state index contributed by atoms with van der Waals surface area (Å²) in [7, 11) is 0. The Hall–Kier alpha value is -1.95. The lowest BCUT2D eigenvalue weighted by atomic mass is 10.3. The molecule has 6 heteroatoms. The van der Waals surface area contributed by atoms with Crippen molar-refractivity contribution in [3.63, 3.8) is 0 Å². The lowest BCUT2D eigenvalue weighted by molar-refractivity contribution is -0.689. The van der Waals surface area contributed by atoms with Crippen molar-refractivity contribution in [2.45, 2.75) is 0 Å². The maximum Gasteiger partial charge on any atom is 0.525 e. The SMILES string of the molecule is O=C(Oc1ccccc1)[NH+]([O-])c1ccnc(Cl)c1. The van der Waals surface area contributed by atoms with Crippen LogP contribution in [0.2, 0.25) is 5.15 Å². The molecule has 1 amide bonds. The van der Waals surface area contributed by atoms with Gasteiger partial charge in [-0.2, -0.15) is 4.79 Å². The summed E-state index contributed by atoms with van der Waals surface area (Å²) in [5, 5.41) is 11.1. The fourth-order valence-corrected chi connectivity index (χ4v) is 1.48. The molecular weight excluding hydrogens is 256 g/mol. The molecule has 92 valence electrons. The number of nitrogens with zero attached hydrogens (tertiary/aromatic N) is 1. The molecule has 0 aliphatic carbocycles. The van der Waals surface area contributed by atoms with Gasteiger partial charge in [0, 0.05) is 18.3 Å². The third kappa shape index (κ3) is 3.04. The van der Waals surface area contributed by atoms with Crippen molar-refractivity contribution in [2.24, 2.45) is 0 Å². The van der Waals surface area contributed by atoms with Crippen LogP contribution in [-0.2, 0) is 0 Å². The van der Waals surface area contributed by atoms with Crippen LogP contribution in [0.25, 0.3) is 0 Å². The number of halogens is 1. The van der Waals surface area contributed by atoms with E-state index in [4.69, 9.17) is 16.3 Å². The van der Waals surface area contributed by atoms with Gasteiger partial charge in [-0.05, 0) is 12.1 Å². The lowest BCUT2D eigenvalue weighted by Gasteiger charge is -2.17. The molecule has 1 unspecified atom stereocenters. The summed E-state index contributed by atoms with van der Waals surface area (Å²) in [5.74, 6) is 0.316. The largest absolute Gasteiger partial charge is 0.618 e. The highest BCUT2D eigenvalue weighted by Crippen LogP contribution is 2.10. The molecule has 0 saturated carbocycles. The van der Waals surface area contributed by atoms with Gasteiger partial charge in [0.25, 0.3) is 0 Å². The number of pyridine rings is 1. The zero-order valence-electron chi connectivity index (χ0n) is 9.17. The maximum absolute atomic E-state index is 11.7. The van der Waals surface area contributed by atoms with Crippen LogP contribution in [-0.4, -0.2) is 11.1 Å². The summed E-state index contributed by atoms with van der Waals surface area (Å²) >= 11 is 5.64. The van der Waals surface area contributed by atoms with Gasteiger partial charge in [0.05, 0.1) is 0 Å². The number of ether oxygens (including phenoxy) is 1. The molecule has 2 rings (SSSR count). The van der Waals surface area contributed by atoms with Gasteiger partial charge >= 0.3 is 6.09 Å². The average molecular weight is 265 g/mol. The first-order valence-electron chi connectivity index (χ1n) is 5.10. The summed E-state index contributed by atoms with van der Waals surface area (Å²) in [6.45, 7) is 0. The third-order valence-corrected chi connectivity index (χ3v) is 2.33. The molecule has 0 radical (unpaired) electrons. The van der Waals surface area contributed by atoms with E-state index in [1.165, 1.54) is 18.3 Å². The number of benzene rings is 1. The van der Waals surface area contributed by atoms with E-state index < -0.39 is 11.2 Å². The average Bonchev–Trinajstić information content (AvgIpc) is 2.39. The Morgan fingerprint density at radius 1 is 1.28 bits per heavy atom. The molecule has 1 aromatic carbocycles. The Labute approximate surface area is 108 Å². The maximum atomic E-state index is 11.7. The van der Waals surface area contributed by atoms with Gasteiger partial charge in [-0.25, -0.2) is 10.0 Å². The van der Waals surface area contributed by atoms with Crippen molar-refractivity contribution in [2.75, 3.05) is 0 Å². The number of para-hydroxylation sites is 1. The summed E-state index contributed by atoms with van der Waals surface area (Å²) < 4.78 is 4.92. The number of hydrogen-bond donors (Lipinski definition) is 1. The lowest BCUT2D eigenvalue weighted by Crippen LogP contribution is -3.05. The molecule has 5 nitrogen and oxygen atoms in total. The highest BCUT2D eigenvalue weighted by Gasteiger charge is 2.17. The molecule has 0 aliphatic rings. The minimum Gasteiger partial charge on any atom is -0.618 e. The van der Waals surface area contributed by atoms with Crippen LogP contribution in [0, 0.1) is 5.21 Å². The van der Waals surface area contributed by atoms with E-state index in [9.17, 15) is 10.0 Å². The van der Waals surface area contributed by atoms with Gasteiger partial charge in [-0.1, -0.05) is 29.8 Å². The molecule has 2 aromatic rings. The van der Waals surface area contributed by atoms with Gasteiger partial charge in [0.2, 0.25) is 0 Å². The van der Waals surface area contributed by atoms with Gasteiger partial charge in [-0.15, -0.1) is 0 Å². The van der Waals surface area contributed by atoms with Crippen LogP contribution >= 0.6 is 11.6 Å². The number of quaternary nitrogens is 1. The number of aromatic nitrogens is 1. The van der Waals surface area contributed by atoms with Crippen molar-refractivity contribution in [3.8, 4) is 5.75 Å². The Morgan fingerprint density at radius 3 is 2.67 bits per heavy atom. The van der Waals surface area contributed by atoms with E-state index in [0.717, 1.165) is 0 Å². The van der Waals surface area contributed by atoms with Crippen molar-refractivity contribution in [1.82, 2.24) is 4.98 Å². The number of hydrogen-bond acceptors (Lipinski definition) is 4. The highest BCUT2D eigenvalue weighted by molar-refractivity contribution is 6.29. The Balaban J connectivity index is 2.10. The third-order valence-electron chi connectivity index (χ3n) is 2.13. The molecule has 0 aliphatic heterocycles. The fraction of sp³-hybridized carbons (Fsp3) is 0. The predicted octanol–water partition coefficient (Wildman–Crippen LogP) is 1.95. The van der Waals surface area contributed by atoms with Gasteiger partial charge in [-0.3, -0.25) is 0 Å². The Bertz CT molecular complexity index is 548. The van der Waals surface area contributed by atoms with E-state index >= 15 is 0 Å². The number of nitrogens with one attached hydrogen (secondary N) is 1. The van der Waals surface area contributed by atoms with Gasteiger partial charge in [0.15, 0.2) is 0 Å². The fourth-order valence-electron chi connectivity index (χ4n) is 1.30. The van der Waals surface area contributed by atoms with Crippen molar-refractivity contribution in [1.29, 1.82) is 0 Å². The number of carbonyl (C=O) groups is 1. The van der Waals surface area contributed by atoms with E-state index in [1.807, 2.05) is 0 Å². The first-order valence-corrected chi connectivity index (χ1v) is 5.48. The van der Waals surface area contributed by atoms with Gasteiger partial charge in [0.1, 0.15) is 16.6 Å². The number of rotatable bonds is 2. The summed E-state index contributed by atoms with van der Waals surface area (Å²) in [4.78, 5) is 15.3. The molecule has 1 atom stereocenters. The second-order valence-corrected chi connectivity index (χ2v) is 3.79. The standard InChI is InChI=1S/C12H9ClN2O3/c13-11-8-9(6-7-14-11)15(17)12(16)18-10-4-2-1-3-5-10/h1-8,15H. The first-order chi connectivity index (χ1) is 8.66. The van der Waals surface area contributed by atoms with Crippen LogP contribution in [0.5, 0.6) is 5.75 Å². The molecule has 0 fully saturated rings. The Kier molecular flexibility index (Phi) is 3.88. The Morgan fingerprint density at radius 2 is 2.00 bits per heavy atom. The van der Waals surface area contributed by atoms with Crippen LogP contribution in [0.3, 0.4) is 0 Å². The van der Waals surface area contributed by atoms with Crippen LogP contribution in [0.1, 0.15) is 0 Å². The molecular formula is C12H9ClN2O3. The van der Waals surface area contributed by atoms with Crippen LogP contribution in [0.4, 0.5) is 10.5 Å². The van der Waals surface area contributed by atoms with Crippen molar-refractivity contribution >= 4 is 23.4 Å². The second kappa shape index (κ2) is 5.59. The quantitative estimate of drug-likeness (QED) is 0.665. The molecule has 1 N–H and O–H groups in total. The topological polar surface area (TPSA) is 66.7 Å². The molecule has 1 aromatic heterocycles. The predicted molar refractivity (Wildman–Crippen MR) is 65.7 cm³/mol. The van der Waals surface area contributed by atoms with Crippen molar-refractivity contribution in [3.05, 3.63) is 59.0 Å². The van der Waals surface area contributed by atoms with Crippen molar-refractivity contribution < 1.29 is 14.6 Å². The van der Waals surface area contributed by atoms with Crippen LogP contribution in [0.15, 0.2) is 48.7 Å². The molecule has 1 heterocycles. The summed E-state index contributed by atoms with van der Waals surface area (Å²) in [5.41, 5.74) is 0.149. The minimum atomic E-state index is -0.955. The molecule has 0 bridgehead atoms. The smallest absolute Gasteiger partial charge is 0.525 e. The van der Waals surface area contributed by atoms with Crippen LogP contribution < -0.4 is 9.80 Å². The van der Waals surface area contributed by atoms with E-state index in [0.29, 0.717) is 5.75 Å². The first kappa shape index (κ1) is 12.5. The number of carbonyl (C=O) groups excluding carboxylic acids is 1. The molecule has 0 saturated heterocycles. The summed E-state index contributed by atoms with van der Waals surface area (Å²) in [6, 6.07) is 11.1. The zero-order valence-corrected chi connectivity index (χ0v) is 9.92. The van der Waals surface area contributed by atoms with E-state index in [2.05, 4.69) is 4.98 Å². The van der Waals surface area contributed by atoms with Gasteiger partial charge < -0.3 is 9.94 Å². The summed E-state index contributed by atoms with van der Waals surface area (Å²) in [6.07, 6.45) is 0.397. The molecule has 0 spiro atoms. The monoisotopic (exact) mass is 264 g/mol. The number of hydroxylamine groups is 1. The number of amides is 1. The van der Waals surface area contributed by atoms with E-state index in [-0.39, 0.29) is 10.8 Å². The second-order valence-electron chi connectivity index (χ2n) is 3.40.